The van der Waals surface area contributed by atoms with Crippen molar-refractivity contribution >= 4 is 11.9 Å². The van der Waals surface area contributed by atoms with Gasteiger partial charge in [0.25, 0.3) is 0 Å². The Hall–Kier alpha value is -2.44. The molecule has 0 aromatic carbocycles. The second kappa shape index (κ2) is 6.55. The predicted octanol–water partition coefficient (Wildman–Crippen LogP) is 1.02. The van der Waals surface area contributed by atoms with Gasteiger partial charge in [-0.25, -0.2) is 9.97 Å². The van der Waals surface area contributed by atoms with Crippen LogP contribution in [0.5, 0.6) is 0 Å². The molecule has 1 aliphatic heterocycles. The zero-order valence-electron chi connectivity index (χ0n) is 12.6. The van der Waals surface area contributed by atoms with Crippen LogP contribution in [0.2, 0.25) is 0 Å². The summed E-state index contributed by atoms with van der Waals surface area (Å²) in [4.78, 5) is 23.0. The average molecular weight is 300 g/mol. The van der Waals surface area contributed by atoms with Crippen LogP contribution in [0.1, 0.15) is 25.8 Å². The summed E-state index contributed by atoms with van der Waals surface area (Å²) in [6.07, 6.45) is 8.95. The van der Waals surface area contributed by atoms with Crippen LogP contribution >= 0.6 is 0 Å². The van der Waals surface area contributed by atoms with E-state index in [-0.39, 0.29) is 18.0 Å². The van der Waals surface area contributed by atoms with E-state index in [4.69, 9.17) is 0 Å². The van der Waals surface area contributed by atoms with Crippen LogP contribution in [0.25, 0.3) is 0 Å². The number of rotatable bonds is 4. The molecule has 116 valence electrons. The molecule has 3 rings (SSSR count). The molecule has 1 aliphatic rings. The van der Waals surface area contributed by atoms with Gasteiger partial charge in [-0.15, -0.1) is 0 Å². The summed E-state index contributed by atoms with van der Waals surface area (Å²) in [5, 5.41) is 7.23. The first kappa shape index (κ1) is 14.5. The maximum Gasteiger partial charge on any atom is 0.244 e. The van der Waals surface area contributed by atoms with Gasteiger partial charge in [-0.3, -0.25) is 9.48 Å². The number of nitrogens with one attached hydrogen (secondary N) is 1. The van der Waals surface area contributed by atoms with Gasteiger partial charge in [0, 0.05) is 43.9 Å². The molecule has 1 fully saturated rings. The van der Waals surface area contributed by atoms with Crippen molar-refractivity contribution in [3.05, 3.63) is 36.9 Å². The van der Waals surface area contributed by atoms with Gasteiger partial charge in [0.1, 0.15) is 6.04 Å². The summed E-state index contributed by atoms with van der Waals surface area (Å²) in [6.45, 7) is 3.51. The summed E-state index contributed by atoms with van der Waals surface area (Å²) < 4.78 is 1.66. The maximum atomic E-state index is 12.3. The Bertz CT molecular complexity index is 600. The van der Waals surface area contributed by atoms with E-state index in [9.17, 15) is 4.79 Å². The molecule has 7 heteroatoms. The fraction of sp³-hybridized carbons (Fsp3) is 0.467. The molecule has 7 nitrogen and oxygen atoms in total. The summed E-state index contributed by atoms with van der Waals surface area (Å²) in [6, 6.07) is 3.43. The van der Waals surface area contributed by atoms with E-state index >= 15 is 0 Å². The molecule has 0 aliphatic carbocycles. The second-order valence-electron chi connectivity index (χ2n) is 5.50. The highest BCUT2D eigenvalue weighted by atomic mass is 16.2. The molecule has 2 aromatic heterocycles. The molecule has 0 unspecified atom stereocenters. The fourth-order valence-electron chi connectivity index (χ4n) is 2.68. The average Bonchev–Trinajstić information content (AvgIpc) is 3.09. The number of piperidine rings is 1. The highest BCUT2D eigenvalue weighted by Gasteiger charge is 2.25. The van der Waals surface area contributed by atoms with E-state index in [1.165, 1.54) is 0 Å². The maximum absolute atomic E-state index is 12.3. The molecule has 1 N–H and O–H groups in total. The SMILES string of the molecule is C[C@@H](C(=O)N[C@H]1CCCN(c2ncccn2)C1)n1cccn1. The number of hydrogen-bond acceptors (Lipinski definition) is 5. The molecular weight excluding hydrogens is 280 g/mol. The smallest absolute Gasteiger partial charge is 0.244 e. The van der Waals surface area contributed by atoms with Crippen LogP contribution in [-0.4, -0.2) is 44.8 Å². The third-order valence-electron chi connectivity index (χ3n) is 3.90. The van der Waals surface area contributed by atoms with Crippen LogP contribution < -0.4 is 10.2 Å². The Kier molecular flexibility index (Phi) is 4.32. The lowest BCUT2D eigenvalue weighted by Crippen LogP contribution is -2.49. The Morgan fingerprint density at radius 2 is 2.14 bits per heavy atom. The van der Waals surface area contributed by atoms with E-state index in [2.05, 4.69) is 25.3 Å². The lowest BCUT2D eigenvalue weighted by atomic mass is 10.1. The van der Waals surface area contributed by atoms with Crippen LogP contribution in [-0.2, 0) is 4.79 Å². The number of hydrogen-bond donors (Lipinski definition) is 1. The van der Waals surface area contributed by atoms with E-state index in [0.717, 1.165) is 31.9 Å². The number of aromatic nitrogens is 4. The quantitative estimate of drug-likeness (QED) is 0.912. The molecule has 2 atom stereocenters. The lowest BCUT2D eigenvalue weighted by Gasteiger charge is -2.33. The highest BCUT2D eigenvalue weighted by Crippen LogP contribution is 2.16. The zero-order valence-corrected chi connectivity index (χ0v) is 12.6. The molecule has 22 heavy (non-hydrogen) atoms. The molecule has 1 saturated heterocycles. The number of carbonyl (C=O) groups excluding carboxylic acids is 1. The number of amides is 1. The number of anilines is 1. The fourth-order valence-corrected chi connectivity index (χ4v) is 2.68. The topological polar surface area (TPSA) is 75.9 Å². The second-order valence-corrected chi connectivity index (χ2v) is 5.50. The van der Waals surface area contributed by atoms with Crippen molar-refractivity contribution in [1.29, 1.82) is 0 Å². The molecule has 3 heterocycles. The van der Waals surface area contributed by atoms with E-state index in [1.54, 1.807) is 35.5 Å². The van der Waals surface area contributed by atoms with Crippen LogP contribution in [0.15, 0.2) is 36.9 Å². The Balaban J connectivity index is 1.59. The molecule has 0 bridgehead atoms. The van der Waals surface area contributed by atoms with Crippen molar-refractivity contribution < 1.29 is 4.79 Å². The number of nitrogens with zero attached hydrogens (tertiary/aromatic N) is 5. The molecule has 2 aromatic rings. The minimum atomic E-state index is -0.307. The molecule has 0 saturated carbocycles. The van der Waals surface area contributed by atoms with Crippen molar-refractivity contribution in [3.63, 3.8) is 0 Å². The van der Waals surface area contributed by atoms with Crippen LogP contribution in [0, 0.1) is 0 Å². The third kappa shape index (κ3) is 3.24. The summed E-state index contributed by atoms with van der Waals surface area (Å²) >= 11 is 0. The first-order valence-electron chi connectivity index (χ1n) is 7.55. The summed E-state index contributed by atoms with van der Waals surface area (Å²) in [5.41, 5.74) is 0. The van der Waals surface area contributed by atoms with Gasteiger partial charge in [-0.05, 0) is 31.9 Å². The van der Waals surface area contributed by atoms with Crippen molar-refractivity contribution in [2.45, 2.75) is 31.8 Å². The minimum Gasteiger partial charge on any atom is -0.350 e. The third-order valence-corrected chi connectivity index (χ3v) is 3.90. The van der Waals surface area contributed by atoms with Gasteiger partial charge in [-0.2, -0.15) is 5.10 Å². The minimum absolute atomic E-state index is 0.00969. The Morgan fingerprint density at radius 3 is 2.86 bits per heavy atom. The normalized spacial score (nSPS) is 19.7. The molecule has 1 amide bonds. The van der Waals surface area contributed by atoms with Gasteiger partial charge in [0.15, 0.2) is 0 Å². The van der Waals surface area contributed by atoms with Gasteiger partial charge in [0.2, 0.25) is 11.9 Å². The highest BCUT2D eigenvalue weighted by molar-refractivity contribution is 5.80. The van der Waals surface area contributed by atoms with Gasteiger partial charge < -0.3 is 10.2 Å². The van der Waals surface area contributed by atoms with Crippen LogP contribution in [0.3, 0.4) is 0 Å². The summed E-state index contributed by atoms with van der Waals surface area (Å²) in [7, 11) is 0. The lowest BCUT2D eigenvalue weighted by molar-refractivity contribution is -0.124. The molecule has 0 radical (unpaired) electrons. The Labute approximate surface area is 129 Å². The van der Waals surface area contributed by atoms with E-state index < -0.39 is 0 Å². The summed E-state index contributed by atoms with van der Waals surface area (Å²) in [5.74, 6) is 0.714. The van der Waals surface area contributed by atoms with E-state index in [0.29, 0.717) is 0 Å². The Morgan fingerprint density at radius 1 is 1.32 bits per heavy atom. The van der Waals surface area contributed by atoms with Crippen molar-refractivity contribution in [2.24, 2.45) is 0 Å². The first-order chi connectivity index (χ1) is 10.7. The van der Waals surface area contributed by atoms with Crippen molar-refractivity contribution in [1.82, 2.24) is 25.1 Å². The largest absolute Gasteiger partial charge is 0.350 e. The predicted molar refractivity (Wildman–Crippen MR) is 82.3 cm³/mol. The number of carbonyl (C=O) groups is 1. The molecular formula is C15H20N6O. The van der Waals surface area contributed by atoms with E-state index in [1.807, 2.05) is 13.0 Å². The first-order valence-corrected chi connectivity index (χ1v) is 7.55. The monoisotopic (exact) mass is 300 g/mol. The van der Waals surface area contributed by atoms with Crippen molar-refractivity contribution in [3.8, 4) is 0 Å². The zero-order chi connectivity index (χ0) is 15.4. The standard InChI is InChI=1S/C15H20N6O/c1-12(21-10-4-8-18-21)14(22)19-13-5-2-9-20(11-13)15-16-6-3-7-17-15/h3-4,6-8,10,12-13H,2,5,9,11H2,1H3,(H,19,22)/t12-,13-/m0/s1. The van der Waals surface area contributed by atoms with Crippen LogP contribution in [0.4, 0.5) is 5.95 Å². The van der Waals surface area contributed by atoms with Gasteiger partial charge >= 0.3 is 0 Å². The van der Waals surface area contributed by atoms with Crippen molar-refractivity contribution in [2.75, 3.05) is 18.0 Å². The van der Waals surface area contributed by atoms with Gasteiger partial charge in [-0.1, -0.05) is 0 Å². The van der Waals surface area contributed by atoms with Gasteiger partial charge in [0.05, 0.1) is 0 Å². The molecule has 0 spiro atoms.